The van der Waals surface area contributed by atoms with E-state index in [4.69, 9.17) is 4.98 Å². The average molecular weight is 327 g/mol. The number of hydrogen-bond donors (Lipinski definition) is 0. The molecule has 3 rings (SSSR count). The lowest BCUT2D eigenvalue weighted by molar-refractivity contribution is -0.183. The second kappa shape index (κ2) is 6.21. The van der Waals surface area contributed by atoms with Gasteiger partial charge in [-0.2, -0.15) is 13.2 Å². The van der Waals surface area contributed by atoms with Gasteiger partial charge in [-0.25, -0.2) is 4.98 Å². The Kier molecular flexibility index (Phi) is 4.43. The molecule has 0 saturated heterocycles. The van der Waals surface area contributed by atoms with Crippen molar-refractivity contribution in [3.8, 4) is 0 Å². The van der Waals surface area contributed by atoms with Gasteiger partial charge < -0.3 is 9.80 Å². The zero-order valence-corrected chi connectivity index (χ0v) is 13.7. The molecule has 6 heteroatoms. The monoisotopic (exact) mass is 327 g/mol. The molecule has 1 aromatic heterocycles. The first-order valence-corrected chi connectivity index (χ1v) is 8.36. The molecule has 1 aliphatic heterocycles. The molecule has 0 spiro atoms. The average Bonchev–Trinajstić information content (AvgIpc) is 2.66. The quantitative estimate of drug-likeness (QED) is 0.771. The van der Waals surface area contributed by atoms with Crippen LogP contribution in [0.2, 0.25) is 0 Å². The SMILES string of the molecule is CN1CCCN(C)c2nc(C3CCCC(C(F)(F)F)C3)ccc21. The highest BCUT2D eigenvalue weighted by atomic mass is 19.4. The van der Waals surface area contributed by atoms with Gasteiger partial charge in [0.25, 0.3) is 0 Å². The van der Waals surface area contributed by atoms with Crippen LogP contribution in [0, 0.1) is 5.92 Å². The maximum absolute atomic E-state index is 13.0. The van der Waals surface area contributed by atoms with Crippen LogP contribution in [0.15, 0.2) is 12.1 Å². The topological polar surface area (TPSA) is 19.4 Å². The number of anilines is 2. The van der Waals surface area contributed by atoms with E-state index in [1.54, 1.807) is 0 Å². The van der Waals surface area contributed by atoms with Crippen LogP contribution >= 0.6 is 0 Å². The molecule has 1 saturated carbocycles. The second-order valence-electron chi connectivity index (χ2n) is 6.88. The number of aromatic nitrogens is 1. The van der Waals surface area contributed by atoms with Gasteiger partial charge in [0.2, 0.25) is 0 Å². The van der Waals surface area contributed by atoms with Crippen molar-refractivity contribution in [2.45, 2.75) is 44.2 Å². The zero-order valence-electron chi connectivity index (χ0n) is 13.7. The Labute approximate surface area is 135 Å². The fourth-order valence-corrected chi connectivity index (χ4v) is 3.79. The van der Waals surface area contributed by atoms with Crippen LogP contribution < -0.4 is 9.80 Å². The number of pyridine rings is 1. The summed E-state index contributed by atoms with van der Waals surface area (Å²) in [7, 11) is 4.05. The summed E-state index contributed by atoms with van der Waals surface area (Å²) >= 11 is 0. The molecule has 3 nitrogen and oxygen atoms in total. The molecule has 2 heterocycles. The summed E-state index contributed by atoms with van der Waals surface area (Å²) < 4.78 is 39.1. The van der Waals surface area contributed by atoms with E-state index in [0.717, 1.165) is 43.1 Å². The van der Waals surface area contributed by atoms with Gasteiger partial charge in [-0.3, -0.25) is 0 Å². The Morgan fingerprint density at radius 3 is 2.52 bits per heavy atom. The number of fused-ring (bicyclic) bond motifs is 1. The standard InChI is InChI=1S/C17H24F3N3/c1-22-9-4-10-23(2)16-15(22)8-7-14(21-16)12-5-3-6-13(11-12)17(18,19)20/h7-8,12-13H,3-6,9-11H2,1-2H3. The Bertz CT molecular complexity index is 559. The van der Waals surface area contributed by atoms with Gasteiger partial charge in [-0.15, -0.1) is 0 Å². The Morgan fingerprint density at radius 2 is 1.78 bits per heavy atom. The largest absolute Gasteiger partial charge is 0.391 e. The Morgan fingerprint density at radius 1 is 1.04 bits per heavy atom. The summed E-state index contributed by atoms with van der Waals surface area (Å²) in [4.78, 5) is 9.05. The molecule has 1 fully saturated rings. The first-order valence-electron chi connectivity index (χ1n) is 8.36. The molecular weight excluding hydrogens is 303 g/mol. The van der Waals surface area contributed by atoms with Crippen LogP contribution in [0.5, 0.6) is 0 Å². The van der Waals surface area contributed by atoms with Gasteiger partial charge in [0, 0.05) is 38.8 Å². The molecule has 128 valence electrons. The number of rotatable bonds is 1. The van der Waals surface area contributed by atoms with E-state index in [9.17, 15) is 13.2 Å². The van der Waals surface area contributed by atoms with E-state index in [2.05, 4.69) is 9.80 Å². The van der Waals surface area contributed by atoms with Gasteiger partial charge in [-0.1, -0.05) is 6.42 Å². The van der Waals surface area contributed by atoms with Crippen molar-refractivity contribution < 1.29 is 13.2 Å². The molecule has 2 aliphatic rings. The molecule has 0 N–H and O–H groups in total. The summed E-state index contributed by atoms with van der Waals surface area (Å²) in [6.45, 7) is 1.89. The molecular formula is C17H24F3N3. The molecule has 0 aromatic carbocycles. The second-order valence-corrected chi connectivity index (χ2v) is 6.88. The third-order valence-corrected chi connectivity index (χ3v) is 5.19. The number of hydrogen-bond acceptors (Lipinski definition) is 3. The number of nitrogens with zero attached hydrogens (tertiary/aromatic N) is 3. The van der Waals surface area contributed by atoms with Crippen LogP contribution in [0.1, 0.15) is 43.7 Å². The zero-order chi connectivity index (χ0) is 16.6. The first kappa shape index (κ1) is 16.4. The van der Waals surface area contributed by atoms with Crippen molar-refractivity contribution in [1.29, 1.82) is 0 Å². The van der Waals surface area contributed by atoms with Crippen molar-refractivity contribution in [2.24, 2.45) is 5.92 Å². The summed E-state index contributed by atoms with van der Waals surface area (Å²) in [5.74, 6) is -0.360. The summed E-state index contributed by atoms with van der Waals surface area (Å²) in [6.07, 6.45) is -1.16. The lowest BCUT2D eigenvalue weighted by Crippen LogP contribution is -2.28. The van der Waals surface area contributed by atoms with E-state index >= 15 is 0 Å². The highest BCUT2D eigenvalue weighted by Gasteiger charge is 2.42. The summed E-state index contributed by atoms with van der Waals surface area (Å²) in [5, 5.41) is 0. The van der Waals surface area contributed by atoms with Crippen molar-refractivity contribution in [3.63, 3.8) is 0 Å². The van der Waals surface area contributed by atoms with E-state index < -0.39 is 12.1 Å². The molecule has 2 unspecified atom stereocenters. The molecule has 1 aromatic rings. The van der Waals surface area contributed by atoms with Gasteiger partial charge >= 0.3 is 6.18 Å². The smallest absolute Gasteiger partial charge is 0.372 e. The van der Waals surface area contributed by atoms with Crippen molar-refractivity contribution in [3.05, 3.63) is 17.8 Å². The van der Waals surface area contributed by atoms with Crippen LogP contribution in [0.4, 0.5) is 24.7 Å². The molecule has 0 bridgehead atoms. The predicted molar refractivity (Wildman–Crippen MR) is 86.1 cm³/mol. The van der Waals surface area contributed by atoms with Gasteiger partial charge in [0.05, 0.1) is 11.6 Å². The van der Waals surface area contributed by atoms with Crippen LogP contribution in [0.3, 0.4) is 0 Å². The summed E-state index contributed by atoms with van der Waals surface area (Å²) in [6, 6.07) is 3.95. The minimum absolute atomic E-state index is 0.0809. The minimum Gasteiger partial charge on any atom is -0.372 e. The fraction of sp³-hybridized carbons (Fsp3) is 0.706. The number of alkyl halides is 3. The minimum atomic E-state index is -4.08. The van der Waals surface area contributed by atoms with Gasteiger partial charge in [-0.05, 0) is 37.8 Å². The Hall–Kier alpha value is -1.46. The molecule has 2 atom stereocenters. The lowest BCUT2D eigenvalue weighted by atomic mass is 9.79. The third-order valence-electron chi connectivity index (χ3n) is 5.19. The predicted octanol–water partition coefficient (Wildman–Crippen LogP) is 4.19. The van der Waals surface area contributed by atoms with Crippen LogP contribution in [0.25, 0.3) is 0 Å². The summed E-state index contributed by atoms with van der Waals surface area (Å²) in [5.41, 5.74) is 1.89. The lowest BCUT2D eigenvalue weighted by Gasteiger charge is -2.31. The highest BCUT2D eigenvalue weighted by Crippen LogP contribution is 2.44. The molecule has 1 aliphatic carbocycles. The van der Waals surface area contributed by atoms with Crippen molar-refractivity contribution in [2.75, 3.05) is 37.0 Å². The van der Waals surface area contributed by atoms with E-state index in [-0.39, 0.29) is 18.8 Å². The maximum Gasteiger partial charge on any atom is 0.391 e. The van der Waals surface area contributed by atoms with E-state index in [1.165, 1.54) is 0 Å². The third kappa shape index (κ3) is 3.40. The Balaban J connectivity index is 1.86. The van der Waals surface area contributed by atoms with Crippen LogP contribution in [-0.4, -0.2) is 38.3 Å². The van der Waals surface area contributed by atoms with E-state index in [1.807, 2.05) is 26.2 Å². The van der Waals surface area contributed by atoms with E-state index in [0.29, 0.717) is 6.42 Å². The number of halogens is 3. The normalized spacial score (nSPS) is 26.0. The molecule has 23 heavy (non-hydrogen) atoms. The fourth-order valence-electron chi connectivity index (χ4n) is 3.79. The first-order chi connectivity index (χ1) is 10.9. The highest BCUT2D eigenvalue weighted by molar-refractivity contribution is 5.67. The maximum atomic E-state index is 13.0. The van der Waals surface area contributed by atoms with Crippen LogP contribution in [-0.2, 0) is 0 Å². The molecule has 0 amide bonds. The molecule has 0 radical (unpaired) electrons. The van der Waals surface area contributed by atoms with Crippen molar-refractivity contribution in [1.82, 2.24) is 4.98 Å². The van der Waals surface area contributed by atoms with Crippen molar-refractivity contribution >= 4 is 11.5 Å². The van der Waals surface area contributed by atoms with Gasteiger partial charge in [0.15, 0.2) is 5.82 Å². The van der Waals surface area contributed by atoms with Gasteiger partial charge in [0.1, 0.15) is 0 Å².